The van der Waals surface area contributed by atoms with Gasteiger partial charge in [0, 0.05) is 15.6 Å². The van der Waals surface area contributed by atoms with Crippen LogP contribution in [-0.4, -0.2) is 20.1 Å². The van der Waals surface area contributed by atoms with Crippen molar-refractivity contribution in [1.29, 1.82) is 0 Å². The number of phenolic OH excluding ortho intramolecular Hbond substituents is 1. The van der Waals surface area contributed by atoms with Crippen LogP contribution in [0.25, 0.3) is 34.2 Å². The zero-order valence-electron chi connectivity index (χ0n) is 13.7. The minimum atomic E-state index is 0.114. The average molecular weight is 404 g/mol. The lowest BCUT2D eigenvalue weighted by Crippen LogP contribution is -2.00. The van der Waals surface area contributed by atoms with Crippen molar-refractivity contribution in [2.24, 2.45) is 0 Å². The molecular weight excluding hydrogens is 390 g/mol. The number of hydrogen-bond donors (Lipinski definition) is 1. The number of halogens is 1. The van der Waals surface area contributed by atoms with Crippen LogP contribution < -0.4 is 0 Å². The second kappa shape index (κ2) is 7.06. The van der Waals surface area contributed by atoms with Gasteiger partial charge in [-0.3, -0.25) is 0 Å². The molecule has 0 spiro atoms. The van der Waals surface area contributed by atoms with Gasteiger partial charge in [-0.15, -0.1) is 0 Å². The van der Waals surface area contributed by atoms with Gasteiger partial charge >= 0.3 is 0 Å². The van der Waals surface area contributed by atoms with Crippen LogP contribution in [0.15, 0.2) is 83.3 Å². The van der Waals surface area contributed by atoms with Gasteiger partial charge in [-0.05, 0) is 18.2 Å². The fourth-order valence-corrected chi connectivity index (χ4v) is 2.97. The largest absolute Gasteiger partial charge is 0.507 e. The monoisotopic (exact) mass is 403 g/mol. The first-order chi connectivity index (χ1) is 12.7. The van der Waals surface area contributed by atoms with Gasteiger partial charge in [0.15, 0.2) is 17.5 Å². The van der Waals surface area contributed by atoms with E-state index in [0.29, 0.717) is 23.0 Å². The van der Waals surface area contributed by atoms with Crippen LogP contribution >= 0.6 is 15.9 Å². The van der Waals surface area contributed by atoms with E-state index < -0.39 is 0 Å². The predicted molar refractivity (Wildman–Crippen MR) is 105 cm³/mol. The first-order valence-electron chi connectivity index (χ1n) is 8.06. The Balaban J connectivity index is 1.94. The summed E-state index contributed by atoms with van der Waals surface area (Å²) in [6.45, 7) is 0. The van der Waals surface area contributed by atoms with Crippen molar-refractivity contribution in [3.63, 3.8) is 0 Å². The second-order valence-electron chi connectivity index (χ2n) is 5.70. The molecule has 26 heavy (non-hydrogen) atoms. The molecule has 4 rings (SSSR count). The number of rotatable bonds is 3. The van der Waals surface area contributed by atoms with E-state index in [0.717, 1.165) is 15.6 Å². The topological polar surface area (TPSA) is 58.9 Å². The highest BCUT2D eigenvalue weighted by molar-refractivity contribution is 9.10. The highest BCUT2D eigenvalue weighted by Gasteiger charge is 2.14. The van der Waals surface area contributed by atoms with Gasteiger partial charge in [-0.25, -0.2) is 15.0 Å². The van der Waals surface area contributed by atoms with Crippen molar-refractivity contribution in [1.82, 2.24) is 15.0 Å². The van der Waals surface area contributed by atoms with E-state index in [1.807, 2.05) is 66.7 Å². The highest BCUT2D eigenvalue weighted by atomic mass is 79.9. The Labute approximate surface area is 159 Å². The Bertz CT molecular complexity index is 996. The van der Waals surface area contributed by atoms with E-state index >= 15 is 0 Å². The zero-order chi connectivity index (χ0) is 17.9. The smallest absolute Gasteiger partial charge is 0.167 e. The molecule has 1 heterocycles. The Kier molecular flexibility index (Phi) is 4.46. The lowest BCUT2D eigenvalue weighted by atomic mass is 10.1. The lowest BCUT2D eigenvalue weighted by Gasteiger charge is -2.09. The minimum absolute atomic E-state index is 0.114. The van der Waals surface area contributed by atoms with E-state index in [2.05, 4.69) is 30.9 Å². The molecule has 0 radical (unpaired) electrons. The molecule has 126 valence electrons. The molecule has 0 fully saturated rings. The number of benzene rings is 3. The molecular formula is C21H14BrN3O. The van der Waals surface area contributed by atoms with Gasteiger partial charge in [0.25, 0.3) is 0 Å². The van der Waals surface area contributed by atoms with Crippen LogP contribution in [0, 0.1) is 0 Å². The van der Waals surface area contributed by atoms with Crippen LogP contribution in [0.1, 0.15) is 0 Å². The van der Waals surface area contributed by atoms with E-state index in [1.165, 1.54) is 0 Å². The SMILES string of the molecule is Oc1cc(Br)ccc1-c1nc(-c2ccccc2)nc(-c2ccccc2)n1. The summed E-state index contributed by atoms with van der Waals surface area (Å²) in [6, 6.07) is 24.8. The van der Waals surface area contributed by atoms with Crippen LogP contribution in [0.5, 0.6) is 5.75 Å². The zero-order valence-corrected chi connectivity index (χ0v) is 15.3. The summed E-state index contributed by atoms with van der Waals surface area (Å²) in [5.41, 5.74) is 2.35. The van der Waals surface area contributed by atoms with E-state index in [4.69, 9.17) is 0 Å². The maximum Gasteiger partial charge on any atom is 0.167 e. The molecule has 0 aliphatic heterocycles. The standard InChI is InChI=1S/C21H14BrN3O/c22-16-11-12-17(18(26)13-16)21-24-19(14-7-3-1-4-8-14)23-20(25-21)15-9-5-2-6-10-15/h1-13,26H. The summed E-state index contributed by atoms with van der Waals surface area (Å²) in [5, 5.41) is 10.3. The molecule has 0 saturated carbocycles. The molecule has 5 heteroatoms. The molecule has 1 N–H and O–H groups in total. The maximum absolute atomic E-state index is 10.3. The van der Waals surface area contributed by atoms with Crippen LogP contribution in [0.4, 0.5) is 0 Å². The normalized spacial score (nSPS) is 10.7. The summed E-state index contributed by atoms with van der Waals surface area (Å²) in [4.78, 5) is 13.8. The summed E-state index contributed by atoms with van der Waals surface area (Å²) < 4.78 is 0.791. The molecule has 4 nitrogen and oxygen atoms in total. The van der Waals surface area contributed by atoms with Crippen molar-refractivity contribution >= 4 is 15.9 Å². The van der Waals surface area contributed by atoms with Crippen molar-refractivity contribution in [3.05, 3.63) is 83.3 Å². The van der Waals surface area contributed by atoms with Crippen molar-refractivity contribution < 1.29 is 5.11 Å². The third-order valence-electron chi connectivity index (χ3n) is 3.90. The third kappa shape index (κ3) is 3.34. The van der Waals surface area contributed by atoms with Crippen molar-refractivity contribution in [2.45, 2.75) is 0 Å². The first kappa shape index (κ1) is 16.4. The molecule has 0 aliphatic carbocycles. The molecule has 4 aromatic rings. The quantitative estimate of drug-likeness (QED) is 0.501. The highest BCUT2D eigenvalue weighted by Crippen LogP contribution is 2.31. The molecule has 0 unspecified atom stereocenters. The minimum Gasteiger partial charge on any atom is -0.507 e. The molecule has 0 atom stereocenters. The predicted octanol–water partition coefficient (Wildman–Crippen LogP) is 5.34. The van der Waals surface area contributed by atoms with Gasteiger partial charge in [-0.2, -0.15) is 0 Å². The fourth-order valence-electron chi connectivity index (χ4n) is 2.62. The molecule has 3 aromatic carbocycles. The van der Waals surface area contributed by atoms with Crippen LogP contribution in [0.2, 0.25) is 0 Å². The summed E-state index contributed by atoms with van der Waals surface area (Å²) >= 11 is 3.36. The number of nitrogens with zero attached hydrogens (tertiary/aromatic N) is 3. The Morgan fingerprint density at radius 3 is 1.62 bits per heavy atom. The Morgan fingerprint density at radius 1 is 0.615 bits per heavy atom. The van der Waals surface area contributed by atoms with Crippen molar-refractivity contribution in [3.8, 4) is 39.9 Å². The van der Waals surface area contributed by atoms with E-state index in [9.17, 15) is 5.11 Å². The number of aromatic nitrogens is 3. The van der Waals surface area contributed by atoms with Crippen LogP contribution in [0.3, 0.4) is 0 Å². The Morgan fingerprint density at radius 2 is 1.12 bits per heavy atom. The van der Waals surface area contributed by atoms with Gasteiger partial charge in [0.05, 0.1) is 5.56 Å². The number of phenols is 1. The Hall–Kier alpha value is -3.05. The number of aromatic hydroxyl groups is 1. The van der Waals surface area contributed by atoms with Crippen molar-refractivity contribution in [2.75, 3.05) is 0 Å². The molecule has 0 amide bonds. The number of hydrogen-bond acceptors (Lipinski definition) is 4. The van der Waals surface area contributed by atoms with Gasteiger partial charge in [0.2, 0.25) is 0 Å². The van der Waals surface area contributed by atoms with E-state index in [-0.39, 0.29) is 5.75 Å². The third-order valence-corrected chi connectivity index (χ3v) is 4.39. The average Bonchev–Trinajstić information content (AvgIpc) is 2.69. The fraction of sp³-hybridized carbons (Fsp3) is 0. The van der Waals surface area contributed by atoms with E-state index in [1.54, 1.807) is 12.1 Å². The van der Waals surface area contributed by atoms with Gasteiger partial charge < -0.3 is 5.11 Å². The summed E-state index contributed by atoms with van der Waals surface area (Å²) in [7, 11) is 0. The molecule has 0 bridgehead atoms. The van der Waals surface area contributed by atoms with Gasteiger partial charge in [-0.1, -0.05) is 76.6 Å². The lowest BCUT2D eigenvalue weighted by molar-refractivity contribution is 0.476. The van der Waals surface area contributed by atoms with Crippen LogP contribution in [-0.2, 0) is 0 Å². The molecule has 0 saturated heterocycles. The second-order valence-corrected chi connectivity index (χ2v) is 6.62. The molecule has 1 aromatic heterocycles. The first-order valence-corrected chi connectivity index (χ1v) is 8.86. The summed E-state index contributed by atoms with van der Waals surface area (Å²) in [5.74, 6) is 1.68. The van der Waals surface area contributed by atoms with Gasteiger partial charge in [0.1, 0.15) is 5.75 Å². The summed E-state index contributed by atoms with van der Waals surface area (Å²) in [6.07, 6.45) is 0. The maximum atomic E-state index is 10.3. The molecule has 0 aliphatic rings.